The molecule has 0 fully saturated rings. The molecule has 1 N–H and O–H groups in total. The van der Waals surface area contributed by atoms with Crippen LogP contribution in [0.3, 0.4) is 0 Å². The van der Waals surface area contributed by atoms with Crippen LogP contribution in [0, 0.1) is 5.41 Å². The normalized spacial score (nSPS) is 9.59. The third kappa shape index (κ3) is 3.29. The molecule has 1 aromatic carbocycles. The number of carbonyl (C=O) groups is 2. The van der Waals surface area contributed by atoms with E-state index in [0.717, 1.165) is 6.21 Å². The Labute approximate surface area is 103 Å². The molecule has 0 spiro atoms. The van der Waals surface area contributed by atoms with Crippen LogP contribution in [0.4, 0.5) is 0 Å². The number of benzene rings is 1. The molecule has 0 aromatic heterocycles. The molecule has 0 saturated heterocycles. The van der Waals surface area contributed by atoms with Crippen molar-refractivity contribution in [2.45, 2.75) is 13.8 Å². The monoisotopic (exact) mass is 255 g/mol. The van der Waals surface area contributed by atoms with Crippen molar-refractivity contribution in [2.75, 3.05) is 0 Å². The molecule has 1 rings (SSSR count). The van der Waals surface area contributed by atoms with Crippen molar-refractivity contribution in [3.05, 3.63) is 22.7 Å². The topological polar surface area (TPSA) is 76.5 Å². The molecule has 17 heavy (non-hydrogen) atoms. The number of esters is 2. The number of rotatable bonds is 3. The zero-order valence-corrected chi connectivity index (χ0v) is 10.00. The smallest absolute Gasteiger partial charge is 0.308 e. The van der Waals surface area contributed by atoms with Gasteiger partial charge >= 0.3 is 11.9 Å². The van der Waals surface area contributed by atoms with Crippen LogP contribution in [0.1, 0.15) is 19.4 Å². The lowest BCUT2D eigenvalue weighted by Crippen LogP contribution is -2.06. The van der Waals surface area contributed by atoms with E-state index in [9.17, 15) is 9.59 Å². The molecule has 0 aliphatic carbocycles. The third-order valence-corrected chi connectivity index (χ3v) is 2.15. The zero-order chi connectivity index (χ0) is 13.0. The van der Waals surface area contributed by atoms with E-state index in [-0.39, 0.29) is 22.1 Å². The van der Waals surface area contributed by atoms with Gasteiger partial charge < -0.3 is 14.9 Å². The molecule has 6 heteroatoms. The van der Waals surface area contributed by atoms with E-state index in [4.69, 9.17) is 26.5 Å². The molecule has 0 unspecified atom stereocenters. The van der Waals surface area contributed by atoms with Crippen LogP contribution in [-0.2, 0) is 9.59 Å². The molecular weight excluding hydrogens is 246 g/mol. The summed E-state index contributed by atoms with van der Waals surface area (Å²) in [5, 5.41) is 7.26. The van der Waals surface area contributed by atoms with Crippen molar-refractivity contribution in [2.24, 2.45) is 0 Å². The average Bonchev–Trinajstić information content (AvgIpc) is 2.21. The maximum atomic E-state index is 10.8. The Morgan fingerprint density at radius 3 is 2.12 bits per heavy atom. The Bertz CT molecular complexity index is 485. The quantitative estimate of drug-likeness (QED) is 0.510. The lowest BCUT2D eigenvalue weighted by molar-refractivity contribution is -0.133. The van der Waals surface area contributed by atoms with E-state index in [0.29, 0.717) is 0 Å². The van der Waals surface area contributed by atoms with Crippen molar-refractivity contribution in [3.8, 4) is 11.5 Å². The second-order valence-electron chi connectivity index (χ2n) is 3.12. The second kappa shape index (κ2) is 5.45. The van der Waals surface area contributed by atoms with Gasteiger partial charge in [0.05, 0.1) is 10.6 Å². The minimum absolute atomic E-state index is 0.0500. The van der Waals surface area contributed by atoms with Gasteiger partial charge in [-0.25, -0.2) is 0 Å². The standard InChI is InChI=1S/C11H10ClNO4/c1-6(14)16-9-3-4-10(17-7(2)15)11(12)8(9)5-13/h3-5,13H,1-2H3. The van der Waals surface area contributed by atoms with Crippen LogP contribution in [-0.4, -0.2) is 18.2 Å². The average molecular weight is 256 g/mol. The van der Waals surface area contributed by atoms with Crippen molar-refractivity contribution in [3.63, 3.8) is 0 Å². The summed E-state index contributed by atoms with van der Waals surface area (Å²) in [6.45, 7) is 2.47. The highest BCUT2D eigenvalue weighted by atomic mass is 35.5. The predicted molar refractivity (Wildman–Crippen MR) is 62.0 cm³/mol. The van der Waals surface area contributed by atoms with Gasteiger partial charge in [0.15, 0.2) is 0 Å². The van der Waals surface area contributed by atoms with Crippen LogP contribution < -0.4 is 9.47 Å². The fourth-order valence-electron chi connectivity index (χ4n) is 1.17. The Balaban J connectivity index is 3.21. The van der Waals surface area contributed by atoms with Gasteiger partial charge in [-0.05, 0) is 12.1 Å². The molecule has 0 atom stereocenters. The third-order valence-electron chi connectivity index (χ3n) is 1.76. The van der Waals surface area contributed by atoms with Gasteiger partial charge in [-0.15, -0.1) is 0 Å². The highest BCUT2D eigenvalue weighted by Crippen LogP contribution is 2.33. The van der Waals surface area contributed by atoms with Crippen LogP contribution in [0.5, 0.6) is 11.5 Å². The fraction of sp³-hybridized carbons (Fsp3) is 0.182. The van der Waals surface area contributed by atoms with Crippen LogP contribution >= 0.6 is 11.6 Å². The van der Waals surface area contributed by atoms with E-state index in [2.05, 4.69) is 0 Å². The maximum Gasteiger partial charge on any atom is 0.308 e. The Hall–Kier alpha value is -1.88. The van der Waals surface area contributed by atoms with E-state index < -0.39 is 11.9 Å². The highest BCUT2D eigenvalue weighted by molar-refractivity contribution is 6.35. The molecule has 0 aliphatic heterocycles. The maximum absolute atomic E-state index is 10.8. The molecule has 0 bridgehead atoms. The molecule has 5 nitrogen and oxygen atoms in total. The fourth-order valence-corrected chi connectivity index (χ4v) is 1.42. The predicted octanol–water partition coefficient (Wildman–Crippen LogP) is 2.19. The summed E-state index contributed by atoms with van der Waals surface area (Å²) < 4.78 is 9.69. The van der Waals surface area contributed by atoms with Crippen LogP contribution in [0.25, 0.3) is 0 Å². The highest BCUT2D eigenvalue weighted by Gasteiger charge is 2.14. The minimum Gasteiger partial charge on any atom is -0.426 e. The van der Waals surface area contributed by atoms with Gasteiger partial charge in [0, 0.05) is 20.1 Å². The summed E-state index contributed by atoms with van der Waals surface area (Å²) in [4.78, 5) is 21.6. The summed E-state index contributed by atoms with van der Waals surface area (Å²) >= 11 is 5.92. The Morgan fingerprint density at radius 2 is 1.65 bits per heavy atom. The Kier molecular flexibility index (Phi) is 4.23. The van der Waals surface area contributed by atoms with Crippen LogP contribution in [0.2, 0.25) is 5.02 Å². The van der Waals surface area contributed by atoms with Crippen molar-refractivity contribution < 1.29 is 19.1 Å². The number of hydrogen-bond donors (Lipinski definition) is 1. The number of nitrogens with one attached hydrogen (secondary N) is 1. The number of hydrogen-bond acceptors (Lipinski definition) is 5. The molecule has 0 amide bonds. The first kappa shape index (κ1) is 13.2. The number of ether oxygens (including phenoxy) is 2. The van der Waals surface area contributed by atoms with Gasteiger partial charge in [0.2, 0.25) is 0 Å². The first-order chi connectivity index (χ1) is 7.95. The van der Waals surface area contributed by atoms with Crippen molar-refractivity contribution in [1.29, 1.82) is 5.41 Å². The molecule has 1 aromatic rings. The molecular formula is C11H10ClNO4. The van der Waals surface area contributed by atoms with Gasteiger partial charge in [-0.1, -0.05) is 11.6 Å². The molecule has 0 heterocycles. The number of halogens is 1. The van der Waals surface area contributed by atoms with E-state index >= 15 is 0 Å². The lowest BCUT2D eigenvalue weighted by atomic mass is 10.2. The van der Waals surface area contributed by atoms with Gasteiger partial charge in [0.1, 0.15) is 11.5 Å². The van der Waals surface area contributed by atoms with E-state index in [1.54, 1.807) is 0 Å². The van der Waals surface area contributed by atoms with Gasteiger partial charge in [-0.3, -0.25) is 9.59 Å². The molecule has 0 radical (unpaired) electrons. The summed E-state index contributed by atoms with van der Waals surface area (Å²) in [7, 11) is 0. The zero-order valence-electron chi connectivity index (χ0n) is 9.24. The van der Waals surface area contributed by atoms with E-state index in [1.807, 2.05) is 0 Å². The van der Waals surface area contributed by atoms with Crippen molar-refractivity contribution >= 4 is 29.8 Å². The largest absolute Gasteiger partial charge is 0.426 e. The molecule has 0 saturated carbocycles. The Morgan fingerprint density at radius 1 is 1.18 bits per heavy atom. The minimum atomic E-state index is -0.525. The van der Waals surface area contributed by atoms with Crippen LogP contribution in [0.15, 0.2) is 12.1 Å². The first-order valence-corrected chi connectivity index (χ1v) is 5.03. The summed E-state index contributed by atoms with van der Waals surface area (Å²) in [5.41, 5.74) is 0.181. The second-order valence-corrected chi connectivity index (χ2v) is 3.50. The van der Waals surface area contributed by atoms with Crippen molar-refractivity contribution in [1.82, 2.24) is 0 Å². The summed E-state index contributed by atoms with van der Waals surface area (Å²) in [6, 6.07) is 2.81. The summed E-state index contributed by atoms with van der Waals surface area (Å²) in [6.07, 6.45) is 0.924. The molecule has 0 aliphatic rings. The SMILES string of the molecule is CC(=O)Oc1ccc(OC(C)=O)c(C=N)c1Cl. The molecule has 90 valence electrons. The van der Waals surface area contributed by atoms with E-state index in [1.165, 1.54) is 26.0 Å². The van der Waals surface area contributed by atoms with Gasteiger partial charge in [-0.2, -0.15) is 0 Å². The first-order valence-electron chi connectivity index (χ1n) is 4.65. The number of carbonyl (C=O) groups excluding carboxylic acids is 2. The van der Waals surface area contributed by atoms with Gasteiger partial charge in [0.25, 0.3) is 0 Å². The summed E-state index contributed by atoms with van der Waals surface area (Å²) in [5.74, 6) is -0.783. The lowest BCUT2D eigenvalue weighted by Gasteiger charge is -2.10.